The minimum Gasteiger partial charge on any atom is -0.504 e. The van der Waals surface area contributed by atoms with Crippen molar-refractivity contribution in [1.82, 2.24) is 0 Å². The highest BCUT2D eigenvalue weighted by molar-refractivity contribution is 5.31. The van der Waals surface area contributed by atoms with Gasteiger partial charge in [-0.15, -0.1) is 0 Å². The van der Waals surface area contributed by atoms with Crippen molar-refractivity contribution in [2.45, 2.75) is 45.3 Å². The summed E-state index contributed by atoms with van der Waals surface area (Å²) in [4.78, 5) is 0. The summed E-state index contributed by atoms with van der Waals surface area (Å²) >= 11 is 0. The van der Waals surface area contributed by atoms with Crippen LogP contribution in [0.3, 0.4) is 0 Å². The van der Waals surface area contributed by atoms with Crippen LogP contribution < -0.4 is 0 Å². The molecule has 0 N–H and O–H groups in total. The van der Waals surface area contributed by atoms with Crippen LogP contribution in [0.5, 0.6) is 0 Å². The first-order valence-corrected chi connectivity index (χ1v) is 4.92. The van der Waals surface area contributed by atoms with E-state index in [2.05, 4.69) is 20.8 Å². The lowest BCUT2D eigenvalue weighted by molar-refractivity contribution is 0.0230. The third kappa shape index (κ3) is 1.05. The number of methoxy groups -OCH3 is 1. The lowest BCUT2D eigenvalue weighted by atomic mass is 9.69. The van der Waals surface area contributed by atoms with Gasteiger partial charge >= 0.3 is 0 Å². The Balaban J connectivity index is 2.40. The summed E-state index contributed by atoms with van der Waals surface area (Å²) in [5.41, 5.74) is 1.42. The average Bonchev–Trinajstić information content (AvgIpc) is 2.50. The Bertz CT molecular complexity index is 248. The van der Waals surface area contributed by atoms with E-state index >= 15 is 0 Å². The summed E-state index contributed by atoms with van der Waals surface area (Å²) < 4.78 is 11.1. The molecule has 0 unspecified atom stereocenters. The van der Waals surface area contributed by atoms with Crippen LogP contribution in [0.4, 0.5) is 0 Å². The Kier molecular flexibility index (Phi) is 1.75. The lowest BCUT2D eigenvalue weighted by Gasteiger charge is -2.32. The largest absolute Gasteiger partial charge is 0.504 e. The predicted molar refractivity (Wildman–Crippen MR) is 51.4 cm³/mol. The van der Waals surface area contributed by atoms with Crippen LogP contribution in [0.15, 0.2) is 11.8 Å². The highest BCUT2D eigenvalue weighted by atomic mass is 16.5. The number of rotatable bonds is 1. The molecule has 2 nitrogen and oxygen atoms in total. The van der Waals surface area contributed by atoms with Crippen molar-refractivity contribution in [3.05, 3.63) is 11.8 Å². The molecule has 0 aromatic carbocycles. The second kappa shape index (κ2) is 2.50. The van der Waals surface area contributed by atoms with Gasteiger partial charge in [0.2, 0.25) is 0 Å². The van der Waals surface area contributed by atoms with Gasteiger partial charge in [0.25, 0.3) is 0 Å². The molecule has 74 valence electrons. The zero-order chi connectivity index (χ0) is 9.69. The van der Waals surface area contributed by atoms with Crippen molar-refractivity contribution in [2.75, 3.05) is 7.11 Å². The normalized spacial score (nSPS) is 44.3. The molecule has 2 saturated heterocycles. The van der Waals surface area contributed by atoms with Crippen LogP contribution >= 0.6 is 0 Å². The zero-order valence-corrected chi connectivity index (χ0v) is 8.89. The molecule has 0 aliphatic carbocycles. The highest BCUT2D eigenvalue weighted by Gasteiger charge is 2.57. The van der Waals surface area contributed by atoms with Gasteiger partial charge in [0.05, 0.1) is 25.1 Å². The number of fused-ring (bicyclic) bond motifs is 2. The topological polar surface area (TPSA) is 18.5 Å². The second-order valence-corrected chi connectivity index (χ2v) is 4.86. The van der Waals surface area contributed by atoms with E-state index in [0.29, 0.717) is 6.10 Å². The Morgan fingerprint density at radius 2 is 2.15 bits per heavy atom. The molecule has 0 amide bonds. The average molecular weight is 182 g/mol. The molecule has 2 fully saturated rings. The van der Waals surface area contributed by atoms with Crippen molar-refractivity contribution in [3.8, 4) is 0 Å². The first kappa shape index (κ1) is 9.07. The van der Waals surface area contributed by atoms with Crippen LogP contribution in [0.25, 0.3) is 0 Å². The monoisotopic (exact) mass is 182 g/mol. The Morgan fingerprint density at radius 1 is 1.46 bits per heavy atom. The number of hydrogen-bond donors (Lipinski definition) is 0. The fourth-order valence-electron chi connectivity index (χ4n) is 2.79. The van der Waals surface area contributed by atoms with Gasteiger partial charge in [0, 0.05) is 11.0 Å². The van der Waals surface area contributed by atoms with Crippen molar-refractivity contribution in [1.29, 1.82) is 0 Å². The molecule has 2 rings (SSSR count). The van der Waals surface area contributed by atoms with Crippen LogP contribution in [0.2, 0.25) is 0 Å². The van der Waals surface area contributed by atoms with E-state index < -0.39 is 0 Å². The SMILES string of the molecule is CO/C=C1/C(C)(C)[C@H]2CC[C@]1(C)O2. The van der Waals surface area contributed by atoms with Gasteiger partial charge in [-0.05, 0) is 19.8 Å². The summed E-state index contributed by atoms with van der Waals surface area (Å²) in [7, 11) is 1.71. The summed E-state index contributed by atoms with van der Waals surface area (Å²) in [5.74, 6) is 0. The molecule has 2 aliphatic heterocycles. The van der Waals surface area contributed by atoms with Crippen LogP contribution in [-0.2, 0) is 9.47 Å². The van der Waals surface area contributed by atoms with Gasteiger partial charge in [-0.1, -0.05) is 13.8 Å². The molecule has 2 bridgehead atoms. The maximum Gasteiger partial charge on any atom is 0.0907 e. The number of hydrogen-bond acceptors (Lipinski definition) is 2. The van der Waals surface area contributed by atoms with Crippen LogP contribution in [0.1, 0.15) is 33.6 Å². The van der Waals surface area contributed by atoms with Crippen LogP contribution in [0, 0.1) is 5.41 Å². The molecule has 0 aromatic heterocycles. The smallest absolute Gasteiger partial charge is 0.0907 e. The van der Waals surface area contributed by atoms with E-state index in [1.807, 2.05) is 6.26 Å². The van der Waals surface area contributed by atoms with Gasteiger partial charge in [-0.2, -0.15) is 0 Å². The quantitative estimate of drug-likeness (QED) is 0.580. The number of ether oxygens (including phenoxy) is 2. The molecule has 2 heterocycles. The second-order valence-electron chi connectivity index (χ2n) is 4.86. The van der Waals surface area contributed by atoms with Crippen LogP contribution in [-0.4, -0.2) is 18.8 Å². The molecule has 0 saturated carbocycles. The third-order valence-corrected chi connectivity index (χ3v) is 3.59. The molecule has 0 spiro atoms. The Hall–Kier alpha value is -0.500. The standard InChI is InChI=1S/C11H18O2/c1-10(2)8(7-12-4)11(3)6-5-9(10)13-11/h7,9H,5-6H2,1-4H3/b8-7-/t9-,11+/m1/s1. The molecule has 0 aromatic rings. The maximum absolute atomic E-state index is 5.99. The van der Waals surface area contributed by atoms with E-state index in [0.717, 1.165) is 6.42 Å². The van der Waals surface area contributed by atoms with Crippen molar-refractivity contribution >= 4 is 0 Å². The molecule has 0 radical (unpaired) electrons. The van der Waals surface area contributed by atoms with E-state index in [1.54, 1.807) is 7.11 Å². The molecular weight excluding hydrogens is 164 g/mol. The van der Waals surface area contributed by atoms with Crippen molar-refractivity contribution in [3.63, 3.8) is 0 Å². The minimum absolute atomic E-state index is 0.0514. The fourth-order valence-corrected chi connectivity index (χ4v) is 2.79. The predicted octanol–water partition coefficient (Wildman–Crippen LogP) is 2.49. The van der Waals surface area contributed by atoms with E-state index in [-0.39, 0.29) is 11.0 Å². The fraction of sp³-hybridized carbons (Fsp3) is 0.818. The molecule has 2 atom stereocenters. The molecule has 13 heavy (non-hydrogen) atoms. The molecule has 2 aliphatic rings. The van der Waals surface area contributed by atoms with Crippen molar-refractivity contribution < 1.29 is 9.47 Å². The summed E-state index contributed by atoms with van der Waals surface area (Å²) in [6.07, 6.45) is 4.58. The lowest BCUT2D eigenvalue weighted by Crippen LogP contribution is -2.32. The van der Waals surface area contributed by atoms with Gasteiger partial charge in [-0.3, -0.25) is 0 Å². The third-order valence-electron chi connectivity index (χ3n) is 3.59. The van der Waals surface area contributed by atoms with E-state index in [1.165, 1.54) is 12.0 Å². The first-order chi connectivity index (χ1) is 6.00. The van der Waals surface area contributed by atoms with Crippen molar-refractivity contribution in [2.24, 2.45) is 5.41 Å². The summed E-state index contributed by atoms with van der Waals surface area (Å²) in [6, 6.07) is 0. The van der Waals surface area contributed by atoms with Gasteiger partial charge in [0.1, 0.15) is 0 Å². The molecular formula is C11H18O2. The zero-order valence-electron chi connectivity index (χ0n) is 8.89. The maximum atomic E-state index is 5.99. The Labute approximate surface area is 79.9 Å². The minimum atomic E-state index is -0.0514. The Morgan fingerprint density at radius 3 is 2.62 bits per heavy atom. The first-order valence-electron chi connectivity index (χ1n) is 4.92. The highest BCUT2D eigenvalue weighted by Crippen LogP contribution is 2.57. The van der Waals surface area contributed by atoms with Gasteiger partial charge < -0.3 is 9.47 Å². The van der Waals surface area contributed by atoms with E-state index in [9.17, 15) is 0 Å². The summed E-state index contributed by atoms with van der Waals surface area (Å²) in [6.45, 7) is 6.66. The van der Waals surface area contributed by atoms with E-state index in [4.69, 9.17) is 9.47 Å². The van der Waals surface area contributed by atoms with Gasteiger partial charge in [-0.25, -0.2) is 0 Å². The summed E-state index contributed by atoms with van der Waals surface area (Å²) in [5, 5.41) is 0. The molecule has 2 heteroatoms. The van der Waals surface area contributed by atoms with Gasteiger partial charge in [0.15, 0.2) is 0 Å².